The summed E-state index contributed by atoms with van der Waals surface area (Å²) < 4.78 is 22.6. The molecule has 0 aromatic heterocycles. The SMILES string of the molecule is NS(=O)(=O)N1CC=C(C(=O)O)CC1. The van der Waals surface area contributed by atoms with Gasteiger partial charge in [-0.2, -0.15) is 12.7 Å². The van der Waals surface area contributed by atoms with Crippen LogP contribution in [0.3, 0.4) is 0 Å². The summed E-state index contributed by atoms with van der Waals surface area (Å²) in [7, 11) is -3.68. The topological polar surface area (TPSA) is 101 Å². The number of carboxylic acids is 1. The summed E-state index contributed by atoms with van der Waals surface area (Å²) in [5.41, 5.74) is 0.236. The van der Waals surface area contributed by atoms with Gasteiger partial charge in [-0.05, 0) is 6.42 Å². The maximum atomic E-state index is 10.8. The highest BCUT2D eigenvalue weighted by atomic mass is 32.2. The van der Waals surface area contributed by atoms with E-state index in [1.807, 2.05) is 0 Å². The van der Waals surface area contributed by atoms with E-state index in [1.165, 1.54) is 6.08 Å². The first-order valence-corrected chi connectivity index (χ1v) is 5.12. The van der Waals surface area contributed by atoms with Crippen molar-refractivity contribution in [3.05, 3.63) is 11.6 Å². The monoisotopic (exact) mass is 206 g/mol. The second-order valence-corrected chi connectivity index (χ2v) is 4.23. The van der Waals surface area contributed by atoms with E-state index in [9.17, 15) is 13.2 Å². The molecule has 0 radical (unpaired) electrons. The van der Waals surface area contributed by atoms with Gasteiger partial charge in [-0.1, -0.05) is 6.08 Å². The van der Waals surface area contributed by atoms with Crippen molar-refractivity contribution in [1.29, 1.82) is 0 Å². The van der Waals surface area contributed by atoms with Crippen molar-refractivity contribution in [3.8, 4) is 0 Å². The lowest BCUT2D eigenvalue weighted by Crippen LogP contribution is -2.40. The Balaban J connectivity index is 2.72. The zero-order chi connectivity index (χ0) is 10.1. The van der Waals surface area contributed by atoms with Crippen molar-refractivity contribution in [2.45, 2.75) is 6.42 Å². The average Bonchev–Trinajstić information content (AvgIpc) is 2.03. The molecule has 0 fully saturated rings. The largest absolute Gasteiger partial charge is 0.478 e. The lowest BCUT2D eigenvalue weighted by atomic mass is 10.1. The van der Waals surface area contributed by atoms with Gasteiger partial charge in [0.1, 0.15) is 0 Å². The van der Waals surface area contributed by atoms with Gasteiger partial charge in [0.2, 0.25) is 0 Å². The molecule has 3 N–H and O–H groups in total. The standard InChI is InChI=1S/C6H10N2O4S/c7-13(11,12)8-3-1-5(2-4-8)6(9)10/h1H,2-4H2,(H,9,10)(H2,7,11,12). The van der Waals surface area contributed by atoms with Gasteiger partial charge >= 0.3 is 5.97 Å². The van der Waals surface area contributed by atoms with Gasteiger partial charge in [0.15, 0.2) is 0 Å². The Bertz CT molecular complexity index is 346. The van der Waals surface area contributed by atoms with E-state index >= 15 is 0 Å². The zero-order valence-corrected chi connectivity index (χ0v) is 7.62. The third-order valence-electron chi connectivity index (χ3n) is 1.81. The van der Waals surface area contributed by atoms with Crippen LogP contribution in [0.5, 0.6) is 0 Å². The molecular weight excluding hydrogens is 196 g/mol. The van der Waals surface area contributed by atoms with Crippen molar-refractivity contribution >= 4 is 16.2 Å². The minimum Gasteiger partial charge on any atom is -0.478 e. The molecule has 0 aromatic carbocycles. The Kier molecular flexibility index (Phi) is 2.69. The normalized spacial score (nSPS) is 19.6. The first-order chi connectivity index (χ1) is 5.91. The van der Waals surface area contributed by atoms with E-state index in [4.69, 9.17) is 10.2 Å². The van der Waals surface area contributed by atoms with Gasteiger partial charge in [0.05, 0.1) is 0 Å². The van der Waals surface area contributed by atoms with Crippen molar-refractivity contribution in [3.63, 3.8) is 0 Å². The number of rotatable bonds is 2. The van der Waals surface area contributed by atoms with Gasteiger partial charge < -0.3 is 5.11 Å². The van der Waals surface area contributed by atoms with Gasteiger partial charge in [0, 0.05) is 18.7 Å². The molecule has 1 rings (SSSR count). The Morgan fingerprint density at radius 2 is 2.23 bits per heavy atom. The van der Waals surface area contributed by atoms with Gasteiger partial charge in [-0.3, -0.25) is 0 Å². The smallest absolute Gasteiger partial charge is 0.331 e. The van der Waals surface area contributed by atoms with Crippen LogP contribution in [0.1, 0.15) is 6.42 Å². The molecule has 0 unspecified atom stereocenters. The van der Waals surface area contributed by atoms with Crippen LogP contribution in [0.25, 0.3) is 0 Å². The van der Waals surface area contributed by atoms with Crippen LogP contribution in [-0.4, -0.2) is 36.9 Å². The summed E-state index contributed by atoms with van der Waals surface area (Å²) in [6.07, 6.45) is 1.56. The summed E-state index contributed by atoms with van der Waals surface area (Å²) in [5.74, 6) is -1.01. The van der Waals surface area contributed by atoms with Gasteiger partial charge in [-0.15, -0.1) is 0 Å². The van der Waals surface area contributed by atoms with Crippen molar-refractivity contribution < 1.29 is 18.3 Å². The minimum absolute atomic E-state index is 0.0421. The molecule has 0 saturated heterocycles. The maximum Gasteiger partial charge on any atom is 0.331 e. The lowest BCUT2D eigenvalue weighted by molar-refractivity contribution is -0.132. The molecule has 0 atom stereocenters. The summed E-state index contributed by atoms with van der Waals surface area (Å²) in [4.78, 5) is 10.4. The molecule has 0 aromatic rings. The highest BCUT2D eigenvalue weighted by molar-refractivity contribution is 7.86. The average molecular weight is 206 g/mol. The van der Waals surface area contributed by atoms with Gasteiger partial charge in [-0.25, -0.2) is 9.93 Å². The van der Waals surface area contributed by atoms with Crippen molar-refractivity contribution in [1.82, 2.24) is 4.31 Å². The van der Waals surface area contributed by atoms with E-state index in [1.54, 1.807) is 0 Å². The molecule has 7 heteroatoms. The second kappa shape index (κ2) is 3.44. The molecule has 0 aliphatic carbocycles. The lowest BCUT2D eigenvalue weighted by Gasteiger charge is -2.21. The molecule has 74 valence electrons. The predicted octanol–water partition coefficient (Wildman–Crippen LogP) is -1.09. The minimum atomic E-state index is -3.68. The van der Waals surface area contributed by atoms with Crippen LogP contribution >= 0.6 is 0 Å². The number of carbonyl (C=O) groups is 1. The first kappa shape index (κ1) is 10.2. The summed E-state index contributed by atoms with van der Waals surface area (Å²) in [5, 5.41) is 13.4. The number of hydrogen-bond acceptors (Lipinski definition) is 3. The van der Waals surface area contributed by atoms with Crippen molar-refractivity contribution in [2.24, 2.45) is 5.14 Å². The predicted molar refractivity (Wildman–Crippen MR) is 45.0 cm³/mol. The van der Waals surface area contributed by atoms with E-state index in [-0.39, 0.29) is 25.1 Å². The van der Waals surface area contributed by atoms with Crippen LogP contribution in [0.2, 0.25) is 0 Å². The van der Waals surface area contributed by atoms with E-state index in [2.05, 4.69) is 0 Å². The molecule has 1 aliphatic heterocycles. The van der Waals surface area contributed by atoms with Crippen LogP contribution in [0, 0.1) is 0 Å². The molecule has 0 amide bonds. The highest BCUT2D eigenvalue weighted by Crippen LogP contribution is 2.11. The van der Waals surface area contributed by atoms with Crippen molar-refractivity contribution in [2.75, 3.05) is 13.1 Å². The van der Waals surface area contributed by atoms with E-state index in [0.29, 0.717) is 0 Å². The summed E-state index contributed by atoms with van der Waals surface area (Å²) in [6.45, 7) is 0.178. The van der Waals surface area contributed by atoms with Crippen LogP contribution in [0.4, 0.5) is 0 Å². The quantitative estimate of drug-likeness (QED) is 0.599. The Morgan fingerprint density at radius 3 is 2.54 bits per heavy atom. The third kappa shape index (κ3) is 2.51. The van der Waals surface area contributed by atoms with E-state index < -0.39 is 16.2 Å². The number of aliphatic carboxylic acids is 1. The molecule has 0 saturated carbocycles. The third-order valence-corrected chi connectivity index (χ3v) is 2.86. The molecule has 6 nitrogen and oxygen atoms in total. The van der Waals surface area contributed by atoms with Crippen LogP contribution < -0.4 is 5.14 Å². The second-order valence-electron chi connectivity index (χ2n) is 2.69. The first-order valence-electron chi connectivity index (χ1n) is 3.61. The molecule has 0 bridgehead atoms. The fourth-order valence-electron chi connectivity index (χ4n) is 1.08. The number of carboxylic acid groups (broad SMARTS) is 1. The van der Waals surface area contributed by atoms with Crippen LogP contribution in [0.15, 0.2) is 11.6 Å². The summed E-state index contributed by atoms with van der Waals surface area (Å²) >= 11 is 0. The summed E-state index contributed by atoms with van der Waals surface area (Å²) in [6, 6.07) is 0. The fourth-order valence-corrected chi connectivity index (χ4v) is 1.70. The number of nitrogens with two attached hydrogens (primary N) is 1. The van der Waals surface area contributed by atoms with Gasteiger partial charge in [0.25, 0.3) is 10.2 Å². The molecule has 0 spiro atoms. The molecule has 1 heterocycles. The number of hydrogen-bond donors (Lipinski definition) is 2. The fraction of sp³-hybridized carbons (Fsp3) is 0.500. The molecular formula is C6H10N2O4S. The Labute approximate surface area is 75.8 Å². The van der Waals surface area contributed by atoms with Crippen LogP contribution in [-0.2, 0) is 15.0 Å². The maximum absolute atomic E-state index is 10.8. The molecule has 13 heavy (non-hydrogen) atoms. The zero-order valence-electron chi connectivity index (χ0n) is 6.80. The Hall–Kier alpha value is -0.920. The molecule has 1 aliphatic rings. The van der Waals surface area contributed by atoms with E-state index in [0.717, 1.165) is 4.31 Å². The highest BCUT2D eigenvalue weighted by Gasteiger charge is 2.22. The Morgan fingerprint density at radius 1 is 1.62 bits per heavy atom. The number of nitrogens with zero attached hydrogens (tertiary/aromatic N) is 1.